The Bertz CT molecular complexity index is 894. The van der Waals surface area contributed by atoms with Crippen LogP contribution in [0.5, 0.6) is 0 Å². The minimum atomic E-state index is 0.113. The van der Waals surface area contributed by atoms with Gasteiger partial charge in [0.05, 0.1) is 30.4 Å². The molecule has 1 unspecified atom stereocenters. The van der Waals surface area contributed by atoms with Crippen molar-refractivity contribution in [2.75, 3.05) is 0 Å². The van der Waals surface area contributed by atoms with Crippen LogP contribution in [0.25, 0.3) is 22.3 Å². The number of nitriles is 1. The molecule has 6 nitrogen and oxygen atoms in total. The summed E-state index contributed by atoms with van der Waals surface area (Å²) >= 11 is 0. The molecule has 122 valence electrons. The van der Waals surface area contributed by atoms with Gasteiger partial charge in [0.1, 0.15) is 12.0 Å². The zero-order chi connectivity index (χ0) is 16.6. The lowest BCUT2D eigenvalue weighted by Gasteiger charge is -2.32. The first-order valence-electron chi connectivity index (χ1n) is 8.41. The second-order valence-electron chi connectivity index (χ2n) is 6.91. The van der Waals surface area contributed by atoms with Gasteiger partial charge < -0.3 is 4.98 Å². The van der Waals surface area contributed by atoms with E-state index in [1.54, 1.807) is 6.33 Å². The van der Waals surface area contributed by atoms with Crippen molar-refractivity contribution >= 4 is 11.0 Å². The van der Waals surface area contributed by atoms with Gasteiger partial charge in [-0.15, -0.1) is 0 Å². The predicted molar refractivity (Wildman–Crippen MR) is 91.0 cm³/mol. The van der Waals surface area contributed by atoms with E-state index >= 15 is 0 Å². The summed E-state index contributed by atoms with van der Waals surface area (Å²) in [7, 11) is 0. The monoisotopic (exact) mass is 320 g/mol. The average molecular weight is 320 g/mol. The molecule has 3 aromatic rings. The van der Waals surface area contributed by atoms with Gasteiger partial charge >= 0.3 is 0 Å². The average Bonchev–Trinajstić information content (AvgIpc) is 3.32. The van der Waals surface area contributed by atoms with E-state index in [1.165, 1.54) is 12.8 Å². The van der Waals surface area contributed by atoms with Crippen LogP contribution in [0.2, 0.25) is 0 Å². The topological polar surface area (TPSA) is 83.2 Å². The molecule has 24 heavy (non-hydrogen) atoms. The molecule has 0 aromatic carbocycles. The van der Waals surface area contributed by atoms with Gasteiger partial charge in [-0.3, -0.25) is 4.68 Å². The Morgan fingerprint density at radius 1 is 1.38 bits per heavy atom. The van der Waals surface area contributed by atoms with Gasteiger partial charge in [-0.1, -0.05) is 19.8 Å². The summed E-state index contributed by atoms with van der Waals surface area (Å²) in [5.74, 6) is 0. The molecule has 1 fully saturated rings. The molecule has 0 saturated heterocycles. The Balaban J connectivity index is 1.73. The molecule has 1 atom stereocenters. The number of fused-ring (bicyclic) bond motifs is 1. The van der Waals surface area contributed by atoms with Crippen LogP contribution in [0.1, 0.15) is 45.1 Å². The largest absolute Gasteiger partial charge is 0.346 e. The highest BCUT2D eigenvalue weighted by molar-refractivity contribution is 5.89. The van der Waals surface area contributed by atoms with Gasteiger partial charge in [-0.05, 0) is 24.3 Å². The second-order valence-corrected chi connectivity index (χ2v) is 6.91. The van der Waals surface area contributed by atoms with E-state index in [1.807, 2.05) is 29.3 Å². The van der Waals surface area contributed by atoms with Gasteiger partial charge in [0.15, 0.2) is 0 Å². The van der Waals surface area contributed by atoms with Crippen molar-refractivity contribution in [2.24, 2.45) is 5.41 Å². The van der Waals surface area contributed by atoms with Crippen LogP contribution < -0.4 is 0 Å². The van der Waals surface area contributed by atoms with Gasteiger partial charge in [-0.25, -0.2) is 9.97 Å². The van der Waals surface area contributed by atoms with Gasteiger partial charge in [0.2, 0.25) is 0 Å². The molecule has 0 spiro atoms. The number of hydrogen-bond acceptors (Lipinski definition) is 4. The van der Waals surface area contributed by atoms with E-state index in [0.29, 0.717) is 6.42 Å². The third-order valence-corrected chi connectivity index (χ3v) is 5.38. The maximum atomic E-state index is 9.29. The molecule has 1 aliphatic rings. The Morgan fingerprint density at radius 2 is 2.21 bits per heavy atom. The molecule has 1 N–H and O–H groups in total. The zero-order valence-electron chi connectivity index (χ0n) is 13.7. The quantitative estimate of drug-likeness (QED) is 0.791. The van der Waals surface area contributed by atoms with E-state index in [-0.39, 0.29) is 11.5 Å². The number of aromatic nitrogens is 5. The number of hydrogen-bond donors (Lipinski definition) is 1. The Labute approximate surface area is 140 Å². The molecule has 1 saturated carbocycles. The molecule has 0 radical (unpaired) electrons. The zero-order valence-corrected chi connectivity index (χ0v) is 13.7. The highest BCUT2D eigenvalue weighted by atomic mass is 15.3. The van der Waals surface area contributed by atoms with Crippen molar-refractivity contribution in [1.82, 2.24) is 24.7 Å². The first-order chi connectivity index (χ1) is 11.7. The number of aromatic amines is 1. The lowest BCUT2D eigenvalue weighted by atomic mass is 9.79. The summed E-state index contributed by atoms with van der Waals surface area (Å²) in [5.41, 5.74) is 2.81. The number of nitrogens with zero attached hydrogens (tertiary/aromatic N) is 5. The Morgan fingerprint density at radius 3 is 3.00 bits per heavy atom. The van der Waals surface area contributed by atoms with E-state index in [4.69, 9.17) is 0 Å². The fraction of sp³-hybridized carbons (Fsp3) is 0.444. The van der Waals surface area contributed by atoms with Crippen LogP contribution in [0.15, 0.2) is 31.0 Å². The summed E-state index contributed by atoms with van der Waals surface area (Å²) in [4.78, 5) is 11.8. The third-order valence-electron chi connectivity index (χ3n) is 5.38. The van der Waals surface area contributed by atoms with E-state index in [2.05, 4.69) is 33.0 Å². The lowest BCUT2D eigenvalue weighted by Crippen LogP contribution is -2.27. The highest BCUT2D eigenvalue weighted by Crippen LogP contribution is 2.47. The van der Waals surface area contributed by atoms with Crippen LogP contribution in [0, 0.1) is 16.7 Å². The van der Waals surface area contributed by atoms with Crippen LogP contribution in [-0.4, -0.2) is 24.7 Å². The minimum absolute atomic E-state index is 0.113. The normalized spacial score (nSPS) is 17.8. The fourth-order valence-corrected chi connectivity index (χ4v) is 3.99. The highest BCUT2D eigenvalue weighted by Gasteiger charge is 2.38. The maximum Gasteiger partial charge on any atom is 0.141 e. The maximum absolute atomic E-state index is 9.29. The second kappa shape index (κ2) is 5.75. The van der Waals surface area contributed by atoms with Crippen molar-refractivity contribution in [3.8, 4) is 17.3 Å². The summed E-state index contributed by atoms with van der Waals surface area (Å²) in [6.45, 7) is 2.29. The SMILES string of the molecule is CC1(C(CC#N)n2cc(-c3ncnc4[nH]ccc34)cn2)CCCC1. The summed E-state index contributed by atoms with van der Waals surface area (Å²) < 4.78 is 1.98. The molecule has 3 heterocycles. The molecule has 0 aliphatic heterocycles. The van der Waals surface area contributed by atoms with Crippen molar-refractivity contribution in [3.63, 3.8) is 0 Å². The van der Waals surface area contributed by atoms with Gasteiger partial charge in [0.25, 0.3) is 0 Å². The number of H-pyrrole nitrogens is 1. The van der Waals surface area contributed by atoms with Crippen LogP contribution in [0.3, 0.4) is 0 Å². The third kappa shape index (κ3) is 2.37. The molecule has 0 amide bonds. The first kappa shape index (κ1) is 14.9. The minimum Gasteiger partial charge on any atom is -0.346 e. The van der Waals surface area contributed by atoms with Crippen LogP contribution >= 0.6 is 0 Å². The van der Waals surface area contributed by atoms with Gasteiger partial charge in [-0.2, -0.15) is 10.4 Å². The predicted octanol–water partition coefficient (Wildman–Crippen LogP) is 3.86. The van der Waals surface area contributed by atoms with E-state index in [0.717, 1.165) is 35.1 Å². The first-order valence-corrected chi connectivity index (χ1v) is 8.41. The lowest BCUT2D eigenvalue weighted by molar-refractivity contribution is 0.185. The Hall–Kier alpha value is -2.68. The van der Waals surface area contributed by atoms with Crippen LogP contribution in [0.4, 0.5) is 0 Å². The standard InChI is InChI=1S/C18H20N6/c1-18(6-2-3-7-18)15(4-8-19)24-11-13(10-23-24)16-14-5-9-20-17(14)22-12-21-16/h5,9-12,15H,2-4,6-7H2,1H3,(H,20,21,22). The summed E-state index contributed by atoms with van der Waals surface area (Å²) in [6.07, 6.45) is 12.6. The molecular formula is C18H20N6. The molecule has 3 aromatic heterocycles. The number of rotatable bonds is 4. The molecule has 1 aliphatic carbocycles. The fourth-order valence-electron chi connectivity index (χ4n) is 3.99. The molecule has 4 rings (SSSR count). The summed E-state index contributed by atoms with van der Waals surface area (Å²) in [5, 5.41) is 14.9. The smallest absolute Gasteiger partial charge is 0.141 e. The molecule has 6 heteroatoms. The summed E-state index contributed by atoms with van der Waals surface area (Å²) in [6, 6.07) is 4.44. The van der Waals surface area contributed by atoms with Crippen molar-refractivity contribution in [2.45, 2.75) is 45.1 Å². The molecular weight excluding hydrogens is 300 g/mol. The molecule has 0 bridgehead atoms. The van der Waals surface area contributed by atoms with Crippen molar-refractivity contribution < 1.29 is 0 Å². The van der Waals surface area contributed by atoms with Crippen molar-refractivity contribution in [1.29, 1.82) is 5.26 Å². The van der Waals surface area contributed by atoms with E-state index < -0.39 is 0 Å². The Kier molecular flexibility index (Phi) is 3.57. The number of nitrogens with one attached hydrogen (secondary N) is 1. The van der Waals surface area contributed by atoms with E-state index in [9.17, 15) is 5.26 Å². The van der Waals surface area contributed by atoms with Crippen molar-refractivity contribution in [3.05, 3.63) is 31.0 Å². The van der Waals surface area contributed by atoms with Gasteiger partial charge in [0, 0.05) is 23.3 Å². The van der Waals surface area contributed by atoms with Crippen LogP contribution in [-0.2, 0) is 0 Å².